The van der Waals surface area contributed by atoms with E-state index < -0.39 is 36.1 Å². The van der Waals surface area contributed by atoms with Crippen molar-refractivity contribution >= 4 is 11.9 Å². The molecular weight excluding hydrogens is 429 g/mol. The lowest BCUT2D eigenvalue weighted by Gasteiger charge is -2.33. The number of nitrogens with one attached hydrogen (secondary N) is 1. The number of carbonyl (C=O) groups is 2. The molecule has 1 aromatic rings. The van der Waals surface area contributed by atoms with Crippen molar-refractivity contribution < 1.29 is 32.9 Å². The minimum atomic E-state index is -1.29. The lowest BCUT2D eigenvalue weighted by atomic mass is 9.81. The molecule has 7 nitrogen and oxygen atoms in total. The summed E-state index contributed by atoms with van der Waals surface area (Å²) in [5, 5.41) is 2.67. The van der Waals surface area contributed by atoms with Crippen LogP contribution >= 0.6 is 0 Å². The third kappa shape index (κ3) is 6.74. The molecule has 1 amide bonds. The van der Waals surface area contributed by atoms with Gasteiger partial charge >= 0.3 is 6.09 Å². The fourth-order valence-electron chi connectivity index (χ4n) is 4.30. The van der Waals surface area contributed by atoms with Crippen LogP contribution in [0.2, 0.25) is 0 Å². The Morgan fingerprint density at radius 2 is 1.85 bits per heavy atom. The average Bonchev–Trinajstić information content (AvgIpc) is 3.17. The van der Waals surface area contributed by atoms with Gasteiger partial charge in [-0.3, -0.25) is 4.79 Å². The van der Waals surface area contributed by atoms with E-state index in [1.54, 1.807) is 13.8 Å². The number of Topliss-reactive ketones (excluding diaryl/α,β-unsaturated/α-hetero) is 1. The summed E-state index contributed by atoms with van der Waals surface area (Å²) >= 11 is 0. The Bertz CT molecular complexity index is 757. The number of rotatable bonds is 12. The molecule has 33 heavy (non-hydrogen) atoms. The van der Waals surface area contributed by atoms with E-state index in [4.69, 9.17) is 18.9 Å². The summed E-state index contributed by atoms with van der Waals surface area (Å²) in [6, 6.07) is 8.54. The summed E-state index contributed by atoms with van der Waals surface area (Å²) < 4.78 is 37.4. The number of carbonyl (C=O) groups excluding carboxylic acids is 2. The maximum absolute atomic E-state index is 15.5. The van der Waals surface area contributed by atoms with Crippen molar-refractivity contribution in [1.29, 1.82) is 0 Å². The Kier molecular flexibility index (Phi) is 10.3. The predicted octanol–water partition coefficient (Wildman–Crippen LogP) is 4.28. The summed E-state index contributed by atoms with van der Waals surface area (Å²) in [5.41, 5.74) is 0.849. The third-order valence-corrected chi connectivity index (χ3v) is 6.92. The number of alkyl halides is 1. The zero-order valence-corrected chi connectivity index (χ0v) is 20.5. The monoisotopic (exact) mass is 467 g/mol. The molecule has 0 radical (unpaired) electrons. The smallest absolute Gasteiger partial charge is 0.408 e. The van der Waals surface area contributed by atoms with Gasteiger partial charge in [0, 0.05) is 26.6 Å². The van der Waals surface area contributed by atoms with Gasteiger partial charge in [0.1, 0.15) is 19.4 Å². The zero-order valence-electron chi connectivity index (χ0n) is 20.5. The number of amides is 1. The van der Waals surface area contributed by atoms with Crippen LogP contribution in [0.15, 0.2) is 30.3 Å². The first-order valence-electron chi connectivity index (χ1n) is 11.5. The standard InChI is InChI=1S/C25H38FNO6/c1-7-21(28)20(27-24(29)32-14-19-11-9-8-10-12-19)13-16(2)17(3)22(26)23-18(4)25(30-5,31-6)15-33-23/h8-12,16-18,20,22-23H,7,13-15H2,1-6H3,(H,27,29)/t16?,17?,18-,20-,22-,23-/m0/s1. The van der Waals surface area contributed by atoms with Crippen LogP contribution in [0.5, 0.6) is 0 Å². The Morgan fingerprint density at radius 1 is 1.21 bits per heavy atom. The Morgan fingerprint density at radius 3 is 2.39 bits per heavy atom. The molecule has 1 aromatic carbocycles. The van der Waals surface area contributed by atoms with Gasteiger partial charge in [-0.05, 0) is 23.8 Å². The van der Waals surface area contributed by atoms with Crippen LogP contribution in [0.25, 0.3) is 0 Å². The Hall–Kier alpha value is -2.03. The first kappa shape index (κ1) is 27.2. The molecule has 1 aliphatic rings. The fourth-order valence-corrected chi connectivity index (χ4v) is 4.30. The summed E-state index contributed by atoms with van der Waals surface area (Å²) in [5.74, 6) is -2.02. The maximum atomic E-state index is 15.5. The number of halogens is 1. The minimum absolute atomic E-state index is 0.107. The number of methoxy groups -OCH3 is 2. The van der Waals surface area contributed by atoms with Crippen molar-refractivity contribution in [3.63, 3.8) is 0 Å². The van der Waals surface area contributed by atoms with Gasteiger partial charge in [0.2, 0.25) is 0 Å². The van der Waals surface area contributed by atoms with Gasteiger partial charge in [0.15, 0.2) is 11.6 Å². The molecule has 1 N–H and O–H groups in total. The molecule has 0 bridgehead atoms. The normalized spacial score (nSPS) is 23.4. The number of alkyl carbamates (subject to hydrolysis) is 1. The first-order chi connectivity index (χ1) is 15.7. The quantitative estimate of drug-likeness (QED) is 0.462. The van der Waals surface area contributed by atoms with Crippen LogP contribution in [0, 0.1) is 17.8 Å². The molecule has 0 spiro atoms. The van der Waals surface area contributed by atoms with Gasteiger partial charge in [-0.2, -0.15) is 0 Å². The second-order valence-corrected chi connectivity index (χ2v) is 8.88. The van der Waals surface area contributed by atoms with E-state index in [-0.39, 0.29) is 37.3 Å². The van der Waals surface area contributed by atoms with E-state index in [0.29, 0.717) is 6.42 Å². The highest BCUT2D eigenvalue weighted by molar-refractivity contribution is 5.87. The minimum Gasteiger partial charge on any atom is -0.445 e. The van der Waals surface area contributed by atoms with Gasteiger partial charge < -0.3 is 24.3 Å². The van der Waals surface area contributed by atoms with E-state index in [1.807, 2.05) is 44.2 Å². The van der Waals surface area contributed by atoms with E-state index in [1.165, 1.54) is 14.2 Å². The molecule has 1 heterocycles. The maximum Gasteiger partial charge on any atom is 0.408 e. The van der Waals surface area contributed by atoms with Crippen molar-refractivity contribution in [2.24, 2.45) is 17.8 Å². The van der Waals surface area contributed by atoms with Gasteiger partial charge in [0.25, 0.3) is 0 Å². The molecule has 8 heteroatoms. The van der Waals surface area contributed by atoms with Gasteiger partial charge in [-0.25, -0.2) is 9.18 Å². The van der Waals surface area contributed by atoms with Crippen molar-refractivity contribution in [3.05, 3.63) is 35.9 Å². The number of benzene rings is 1. The lowest BCUT2D eigenvalue weighted by Crippen LogP contribution is -2.46. The molecule has 1 aliphatic heterocycles. The SMILES string of the molecule is CCC(=O)[C@H](CC(C)C(C)[C@H](F)[C@H]1OCC(OC)(OC)[C@H]1C)NC(=O)OCc1ccccc1. The van der Waals surface area contributed by atoms with Gasteiger partial charge in [-0.15, -0.1) is 0 Å². The molecule has 1 saturated heterocycles. The number of hydrogen-bond acceptors (Lipinski definition) is 6. The number of ketones is 1. The third-order valence-electron chi connectivity index (χ3n) is 6.92. The highest BCUT2D eigenvalue weighted by atomic mass is 19.1. The van der Waals surface area contributed by atoms with E-state index in [0.717, 1.165) is 5.56 Å². The van der Waals surface area contributed by atoms with Crippen LogP contribution in [0.4, 0.5) is 9.18 Å². The van der Waals surface area contributed by atoms with Gasteiger partial charge in [-0.1, -0.05) is 58.0 Å². The zero-order chi connectivity index (χ0) is 24.6. The first-order valence-corrected chi connectivity index (χ1v) is 11.5. The highest BCUT2D eigenvalue weighted by Gasteiger charge is 2.52. The topological polar surface area (TPSA) is 83.1 Å². The summed E-state index contributed by atoms with van der Waals surface area (Å²) in [7, 11) is 3.04. The second-order valence-electron chi connectivity index (χ2n) is 8.88. The molecule has 186 valence electrons. The summed E-state index contributed by atoms with van der Waals surface area (Å²) in [6.45, 7) is 7.52. The molecule has 2 rings (SSSR count). The second kappa shape index (κ2) is 12.4. The average molecular weight is 468 g/mol. The van der Waals surface area contributed by atoms with Crippen LogP contribution in [-0.4, -0.2) is 56.8 Å². The van der Waals surface area contributed by atoms with E-state index in [9.17, 15) is 9.59 Å². The van der Waals surface area contributed by atoms with Crippen molar-refractivity contribution in [1.82, 2.24) is 5.32 Å². The lowest BCUT2D eigenvalue weighted by molar-refractivity contribution is -0.222. The molecule has 2 unspecified atom stereocenters. The molecule has 1 fully saturated rings. The Balaban J connectivity index is 1.97. The fraction of sp³-hybridized carbons (Fsp3) is 0.680. The molecule has 0 aliphatic carbocycles. The van der Waals surface area contributed by atoms with Crippen LogP contribution in [0.1, 0.15) is 46.1 Å². The van der Waals surface area contributed by atoms with Crippen molar-refractivity contribution in [2.75, 3.05) is 20.8 Å². The van der Waals surface area contributed by atoms with Crippen LogP contribution in [0.3, 0.4) is 0 Å². The molecular formula is C25H38FNO6. The highest BCUT2D eigenvalue weighted by Crippen LogP contribution is 2.39. The number of hydrogen-bond donors (Lipinski definition) is 1. The number of ether oxygens (including phenoxy) is 4. The predicted molar refractivity (Wildman–Crippen MR) is 122 cm³/mol. The summed E-state index contributed by atoms with van der Waals surface area (Å²) in [6.07, 6.45) is -2.08. The van der Waals surface area contributed by atoms with E-state index >= 15 is 4.39 Å². The van der Waals surface area contributed by atoms with E-state index in [2.05, 4.69) is 5.32 Å². The van der Waals surface area contributed by atoms with Crippen LogP contribution < -0.4 is 5.32 Å². The van der Waals surface area contributed by atoms with Gasteiger partial charge in [0.05, 0.1) is 12.1 Å². The van der Waals surface area contributed by atoms with Crippen molar-refractivity contribution in [3.8, 4) is 0 Å². The summed E-state index contributed by atoms with van der Waals surface area (Å²) in [4.78, 5) is 24.8. The van der Waals surface area contributed by atoms with Crippen molar-refractivity contribution in [2.45, 2.75) is 71.2 Å². The largest absolute Gasteiger partial charge is 0.445 e. The molecule has 6 atom stereocenters. The van der Waals surface area contributed by atoms with Crippen LogP contribution in [-0.2, 0) is 30.3 Å². The molecule has 0 saturated carbocycles. The molecule has 0 aromatic heterocycles. The Labute approximate surface area is 196 Å².